The number of ether oxygens (including phenoxy) is 1. The summed E-state index contributed by atoms with van der Waals surface area (Å²) in [5.41, 5.74) is 1.69. The molecule has 5 aliphatic rings. The highest BCUT2D eigenvalue weighted by molar-refractivity contribution is 6.08. The van der Waals surface area contributed by atoms with Crippen LogP contribution in [0.4, 0.5) is 20.3 Å². The number of hydrogen-bond donors (Lipinski definition) is 3. The zero-order chi connectivity index (χ0) is 41.8. The van der Waals surface area contributed by atoms with Crippen LogP contribution in [0.5, 0.6) is 0 Å². The lowest BCUT2D eigenvalue weighted by Gasteiger charge is -2.36. The van der Waals surface area contributed by atoms with Gasteiger partial charge in [-0.1, -0.05) is 17.3 Å². The normalized spacial score (nSPS) is 24.9. The number of anilines is 2. The fourth-order valence-corrected chi connectivity index (χ4v) is 9.95. The molecule has 17 nitrogen and oxygen atoms in total. The van der Waals surface area contributed by atoms with Crippen molar-refractivity contribution >= 4 is 51.8 Å². The van der Waals surface area contributed by atoms with Gasteiger partial charge in [-0.2, -0.15) is 10.2 Å². The second kappa shape index (κ2) is 16.2. The van der Waals surface area contributed by atoms with Crippen molar-refractivity contribution in [3.63, 3.8) is 0 Å². The molecular weight excluding hydrogens is 793 g/mol. The van der Waals surface area contributed by atoms with Crippen LogP contribution in [0.1, 0.15) is 103 Å². The average Bonchev–Trinajstić information content (AvgIpc) is 4.11. The topological polar surface area (TPSA) is 194 Å². The zero-order valence-corrected chi connectivity index (χ0v) is 33.5. The first-order valence-electron chi connectivity index (χ1n) is 21.3. The Morgan fingerprint density at radius 2 is 1.85 bits per heavy atom. The van der Waals surface area contributed by atoms with E-state index in [2.05, 4.69) is 41.1 Å². The number of nitrogens with one attached hydrogen (secondary N) is 3. The maximum Gasteiger partial charge on any atom is 0.284 e. The fourth-order valence-electron chi connectivity index (χ4n) is 9.95. The molecule has 320 valence electrons. The van der Waals surface area contributed by atoms with Gasteiger partial charge in [0.25, 0.3) is 12.3 Å². The van der Waals surface area contributed by atoms with Crippen LogP contribution in [-0.4, -0.2) is 109 Å². The summed E-state index contributed by atoms with van der Waals surface area (Å²) >= 11 is 0. The molecule has 4 aromatic heterocycles. The molecule has 5 aromatic rings. The maximum atomic E-state index is 14.3. The van der Waals surface area contributed by atoms with E-state index in [1.54, 1.807) is 10.9 Å². The van der Waals surface area contributed by atoms with Gasteiger partial charge in [-0.15, -0.1) is 0 Å². The highest BCUT2D eigenvalue weighted by Gasteiger charge is 2.40. The number of nitrogens with zero attached hydrogens (tertiary/aromatic N) is 8. The minimum absolute atomic E-state index is 0.0180. The van der Waals surface area contributed by atoms with Gasteiger partial charge in [0.15, 0.2) is 16.9 Å². The predicted octanol–water partition coefficient (Wildman–Crippen LogP) is 4.31. The number of carbonyl (C=O) groups excluding carboxylic acids is 4. The average molecular weight is 840 g/mol. The van der Waals surface area contributed by atoms with Gasteiger partial charge in [0.2, 0.25) is 17.7 Å². The number of piperidine rings is 2. The van der Waals surface area contributed by atoms with Gasteiger partial charge in [-0.05, 0) is 69.4 Å². The Hall–Kier alpha value is -5.82. The van der Waals surface area contributed by atoms with Crippen molar-refractivity contribution in [3.8, 4) is 0 Å². The van der Waals surface area contributed by atoms with Crippen LogP contribution in [0, 0.1) is 5.92 Å². The van der Waals surface area contributed by atoms with Crippen molar-refractivity contribution in [1.82, 2.24) is 45.1 Å². The minimum atomic E-state index is -2.87. The van der Waals surface area contributed by atoms with Crippen LogP contribution in [0.3, 0.4) is 0 Å². The Labute approximate surface area is 348 Å². The molecule has 8 heterocycles. The number of imide groups is 1. The number of morpholine rings is 1. The number of hydrogen-bond acceptors (Lipinski definition) is 12. The van der Waals surface area contributed by atoms with Crippen LogP contribution in [0.2, 0.25) is 0 Å². The number of halogens is 2. The highest BCUT2D eigenvalue weighted by atomic mass is 19.3. The van der Waals surface area contributed by atoms with Gasteiger partial charge in [-0.3, -0.25) is 29.2 Å². The molecular formula is C42H47F2N11O6. The van der Waals surface area contributed by atoms with Crippen molar-refractivity contribution in [2.24, 2.45) is 5.92 Å². The molecule has 5 fully saturated rings. The monoisotopic (exact) mass is 839 g/mol. The lowest BCUT2D eigenvalue weighted by Crippen LogP contribution is -2.46. The first-order chi connectivity index (χ1) is 29.6. The quantitative estimate of drug-likeness (QED) is 0.160. The van der Waals surface area contributed by atoms with Crippen molar-refractivity contribution in [3.05, 3.63) is 65.4 Å². The molecule has 2 bridgehead atoms. The maximum absolute atomic E-state index is 14.3. The van der Waals surface area contributed by atoms with Crippen LogP contribution >= 0.6 is 0 Å². The number of amides is 4. The van der Waals surface area contributed by atoms with Crippen LogP contribution in [0.15, 0.2) is 47.4 Å². The molecule has 0 radical (unpaired) electrons. The third-order valence-corrected chi connectivity index (χ3v) is 13.2. The molecule has 1 saturated carbocycles. The number of rotatable bonds is 11. The Kier molecular flexibility index (Phi) is 10.5. The number of para-hydroxylation sites is 1. The van der Waals surface area contributed by atoms with E-state index in [-0.39, 0.29) is 66.0 Å². The van der Waals surface area contributed by atoms with Gasteiger partial charge >= 0.3 is 0 Å². The van der Waals surface area contributed by atoms with Crippen LogP contribution in [-0.2, 0) is 25.5 Å². The summed E-state index contributed by atoms with van der Waals surface area (Å²) in [5, 5.41) is 21.6. The summed E-state index contributed by atoms with van der Waals surface area (Å²) in [4.78, 5) is 60.2. The van der Waals surface area contributed by atoms with E-state index < -0.39 is 23.9 Å². The molecule has 61 heavy (non-hydrogen) atoms. The molecule has 1 aliphatic carbocycles. The molecule has 19 heteroatoms. The Bertz CT molecular complexity index is 2490. The molecule has 0 spiro atoms. The molecule has 4 amide bonds. The van der Waals surface area contributed by atoms with Crippen molar-refractivity contribution in [1.29, 1.82) is 0 Å². The number of likely N-dealkylation sites (tertiary alicyclic amines) is 1. The predicted molar refractivity (Wildman–Crippen MR) is 215 cm³/mol. The first kappa shape index (κ1) is 39.3. The zero-order valence-electron chi connectivity index (χ0n) is 33.5. The smallest absolute Gasteiger partial charge is 0.284 e. The number of benzene rings is 1. The molecule has 1 aromatic carbocycles. The van der Waals surface area contributed by atoms with Crippen molar-refractivity contribution in [2.75, 3.05) is 43.0 Å². The van der Waals surface area contributed by atoms with Crippen molar-refractivity contribution in [2.45, 2.75) is 101 Å². The van der Waals surface area contributed by atoms with E-state index in [4.69, 9.17) is 14.2 Å². The summed E-state index contributed by atoms with van der Waals surface area (Å²) < 4.78 is 43.0. The first-order valence-corrected chi connectivity index (χ1v) is 21.3. The third kappa shape index (κ3) is 7.84. The second-order valence-electron chi connectivity index (χ2n) is 17.1. The lowest BCUT2D eigenvalue weighted by molar-refractivity contribution is -0.134. The van der Waals surface area contributed by atoms with E-state index in [0.717, 1.165) is 76.9 Å². The molecule has 0 unspecified atom stereocenters. The van der Waals surface area contributed by atoms with Gasteiger partial charge in [0.05, 0.1) is 49.0 Å². The number of carbonyl (C=O) groups is 4. The van der Waals surface area contributed by atoms with Gasteiger partial charge in [0, 0.05) is 62.0 Å². The number of fused-ring (bicyclic) bond motifs is 4. The highest BCUT2D eigenvalue weighted by Crippen LogP contribution is 2.37. The van der Waals surface area contributed by atoms with Crippen molar-refractivity contribution < 1.29 is 37.2 Å². The fraction of sp³-hybridized carbons (Fsp3) is 0.524. The Morgan fingerprint density at radius 3 is 2.61 bits per heavy atom. The Balaban J connectivity index is 0.699. The van der Waals surface area contributed by atoms with Crippen LogP contribution < -0.4 is 20.9 Å². The molecule has 3 N–H and O–H groups in total. The molecule has 4 aliphatic heterocycles. The van der Waals surface area contributed by atoms with E-state index in [1.165, 1.54) is 16.9 Å². The van der Waals surface area contributed by atoms with E-state index in [0.29, 0.717) is 46.8 Å². The molecule has 3 atom stereocenters. The summed E-state index contributed by atoms with van der Waals surface area (Å²) in [7, 11) is 0. The van der Waals surface area contributed by atoms with E-state index in [9.17, 15) is 28.0 Å². The largest absolute Gasteiger partial charge is 0.374 e. The van der Waals surface area contributed by atoms with Gasteiger partial charge < -0.3 is 29.7 Å². The summed E-state index contributed by atoms with van der Waals surface area (Å²) in [6, 6.07) is 7.55. The molecule has 4 saturated heterocycles. The minimum Gasteiger partial charge on any atom is -0.374 e. The number of aromatic nitrogens is 6. The van der Waals surface area contributed by atoms with E-state index >= 15 is 0 Å². The molecule has 10 rings (SSSR count). The van der Waals surface area contributed by atoms with E-state index in [1.807, 2.05) is 24.3 Å². The summed E-state index contributed by atoms with van der Waals surface area (Å²) in [5.74, 6) is -0.773. The lowest BCUT2D eigenvalue weighted by atomic mass is 9.85. The third-order valence-electron chi connectivity index (χ3n) is 13.2. The second-order valence-corrected chi connectivity index (χ2v) is 17.1. The standard InChI is InChI=1S/C42H47F2N11O6/c43-39(44)37-32(47-42(59)31-18-45-54-15-12-33(48-40(31)54)53-20-28-17-27(53)22-60-28)21-55(50-37)26-6-4-23(5-7-26)19-52-13-10-25(11-14-52)46-35(57)16-24-2-1-3-29-36(51-61-38(24)29)30-8-9-34(56)49-41(30)58/h1-3,12,15,18,21,23,25-28,30,39H,4-11,13-14,16-17,19-20,22H2,(H,46,57)(H,47,59)(H,49,56,58)/t23?,26?,27-,28-,30+/m1/s1. The summed E-state index contributed by atoms with van der Waals surface area (Å²) in [6.07, 6.45) is 8.70. The number of alkyl halides is 2. The van der Waals surface area contributed by atoms with Gasteiger partial charge in [-0.25, -0.2) is 18.3 Å². The summed E-state index contributed by atoms with van der Waals surface area (Å²) in [6.45, 7) is 4.02. The Morgan fingerprint density at radius 1 is 1.02 bits per heavy atom. The van der Waals surface area contributed by atoms with Crippen LogP contribution in [0.25, 0.3) is 16.6 Å². The SMILES string of the molecule is O=C1CC[C@@H](c2noc3c(CC(=O)NC4CCN(CC5CCC(n6cc(NC(=O)c7cnn8ccc(N9C[C@H]%10C[C@@H]9CO%10)nc78)c(C(F)F)n6)CC5)CC4)cccc23)C(=O)N1. The van der Waals surface area contributed by atoms with Gasteiger partial charge in [0.1, 0.15) is 17.1 Å².